The first-order valence-electron chi connectivity index (χ1n) is 5.77. The third-order valence-electron chi connectivity index (χ3n) is 2.74. The van der Waals surface area contributed by atoms with E-state index in [-0.39, 0.29) is 6.04 Å². The standard InChI is InChI=1S/C13H13N3OS/c1-8-7-14-12(17-8)9(2)15-13-10-5-3-4-6-11(10)16-18-13/h3-7,9,15H,1-2H3. The zero-order valence-electron chi connectivity index (χ0n) is 10.2. The van der Waals surface area contributed by atoms with Gasteiger partial charge >= 0.3 is 0 Å². The molecule has 4 nitrogen and oxygen atoms in total. The molecule has 0 aliphatic heterocycles. The van der Waals surface area contributed by atoms with Crippen LogP contribution in [0.5, 0.6) is 0 Å². The smallest absolute Gasteiger partial charge is 0.216 e. The molecule has 0 aliphatic carbocycles. The van der Waals surface area contributed by atoms with Crippen molar-refractivity contribution in [3.8, 4) is 0 Å². The molecule has 0 aliphatic rings. The van der Waals surface area contributed by atoms with Gasteiger partial charge in [0.25, 0.3) is 0 Å². The number of nitrogens with zero attached hydrogens (tertiary/aromatic N) is 2. The minimum Gasteiger partial charge on any atom is -0.444 e. The lowest BCUT2D eigenvalue weighted by Gasteiger charge is -2.09. The molecule has 0 amide bonds. The van der Waals surface area contributed by atoms with Crippen molar-refractivity contribution in [2.24, 2.45) is 0 Å². The molecule has 5 heteroatoms. The molecule has 1 N–H and O–H groups in total. The molecule has 92 valence electrons. The molecule has 2 aromatic heterocycles. The Bertz CT molecular complexity index is 673. The maximum Gasteiger partial charge on any atom is 0.216 e. The average molecular weight is 259 g/mol. The number of fused-ring (bicyclic) bond motifs is 1. The van der Waals surface area contributed by atoms with Gasteiger partial charge < -0.3 is 9.73 Å². The second-order valence-corrected chi connectivity index (χ2v) is 4.98. The van der Waals surface area contributed by atoms with Gasteiger partial charge in [-0.1, -0.05) is 12.1 Å². The normalized spacial score (nSPS) is 12.8. The molecule has 0 bridgehead atoms. The monoisotopic (exact) mass is 259 g/mol. The predicted octanol–water partition coefficient (Wildman–Crippen LogP) is 3.77. The number of anilines is 1. The lowest BCUT2D eigenvalue weighted by atomic mass is 10.2. The second kappa shape index (κ2) is 4.42. The van der Waals surface area contributed by atoms with Crippen LogP contribution in [0, 0.1) is 6.92 Å². The number of nitrogens with one attached hydrogen (secondary N) is 1. The lowest BCUT2D eigenvalue weighted by Crippen LogP contribution is -2.05. The highest BCUT2D eigenvalue weighted by atomic mass is 32.1. The van der Waals surface area contributed by atoms with E-state index in [0.29, 0.717) is 5.89 Å². The first-order valence-corrected chi connectivity index (χ1v) is 6.54. The van der Waals surface area contributed by atoms with Gasteiger partial charge in [0.2, 0.25) is 5.89 Å². The summed E-state index contributed by atoms with van der Waals surface area (Å²) in [6.45, 7) is 3.92. The van der Waals surface area contributed by atoms with E-state index in [0.717, 1.165) is 21.7 Å². The van der Waals surface area contributed by atoms with E-state index in [9.17, 15) is 0 Å². The molecule has 0 saturated carbocycles. The summed E-state index contributed by atoms with van der Waals surface area (Å²) in [6, 6.07) is 8.11. The summed E-state index contributed by atoms with van der Waals surface area (Å²) >= 11 is 1.46. The molecule has 0 spiro atoms. The fraction of sp³-hybridized carbons (Fsp3) is 0.231. The highest BCUT2D eigenvalue weighted by Crippen LogP contribution is 2.30. The Labute approximate surface area is 109 Å². The van der Waals surface area contributed by atoms with E-state index in [1.165, 1.54) is 11.5 Å². The van der Waals surface area contributed by atoms with Crippen LogP contribution in [0.2, 0.25) is 0 Å². The van der Waals surface area contributed by atoms with E-state index in [1.807, 2.05) is 32.0 Å². The quantitative estimate of drug-likeness (QED) is 0.778. The topological polar surface area (TPSA) is 51.0 Å². The maximum absolute atomic E-state index is 5.52. The molecule has 2 heterocycles. The second-order valence-electron chi connectivity index (χ2n) is 4.20. The number of benzene rings is 1. The number of aromatic nitrogens is 2. The summed E-state index contributed by atoms with van der Waals surface area (Å²) in [6.07, 6.45) is 1.73. The molecule has 0 saturated heterocycles. The number of hydrogen-bond acceptors (Lipinski definition) is 5. The summed E-state index contributed by atoms with van der Waals surface area (Å²) in [5.41, 5.74) is 1.01. The molecule has 3 aromatic rings. The Morgan fingerprint density at radius 3 is 2.94 bits per heavy atom. The predicted molar refractivity (Wildman–Crippen MR) is 72.9 cm³/mol. The molecule has 0 radical (unpaired) electrons. The minimum atomic E-state index is 0.0301. The zero-order chi connectivity index (χ0) is 12.5. The maximum atomic E-state index is 5.52. The van der Waals surface area contributed by atoms with Crippen molar-refractivity contribution in [3.63, 3.8) is 0 Å². The largest absolute Gasteiger partial charge is 0.444 e. The van der Waals surface area contributed by atoms with Gasteiger partial charge in [0.15, 0.2) is 0 Å². The zero-order valence-corrected chi connectivity index (χ0v) is 11.0. The third-order valence-corrected chi connectivity index (χ3v) is 3.55. The fourth-order valence-electron chi connectivity index (χ4n) is 1.82. The molecule has 1 unspecified atom stereocenters. The van der Waals surface area contributed by atoms with Crippen molar-refractivity contribution in [1.29, 1.82) is 0 Å². The van der Waals surface area contributed by atoms with Crippen molar-refractivity contribution in [2.45, 2.75) is 19.9 Å². The summed E-state index contributed by atoms with van der Waals surface area (Å²) in [4.78, 5) is 4.23. The highest BCUT2D eigenvalue weighted by molar-refractivity contribution is 7.11. The van der Waals surface area contributed by atoms with Crippen LogP contribution in [0.3, 0.4) is 0 Å². The molecular formula is C13H13N3OS. The minimum absolute atomic E-state index is 0.0301. The van der Waals surface area contributed by atoms with Gasteiger partial charge in [-0.05, 0) is 37.5 Å². The molecule has 0 fully saturated rings. The van der Waals surface area contributed by atoms with Gasteiger partial charge in [-0.25, -0.2) is 4.98 Å². The van der Waals surface area contributed by atoms with E-state index in [4.69, 9.17) is 4.42 Å². The van der Waals surface area contributed by atoms with Gasteiger partial charge in [0.1, 0.15) is 16.8 Å². The van der Waals surface area contributed by atoms with Gasteiger partial charge in [0, 0.05) is 5.39 Å². The Morgan fingerprint density at radius 2 is 2.17 bits per heavy atom. The summed E-state index contributed by atoms with van der Waals surface area (Å²) in [5, 5.41) is 5.58. The third kappa shape index (κ3) is 1.97. The van der Waals surface area contributed by atoms with Crippen LogP contribution >= 0.6 is 11.5 Å². The fourth-order valence-corrected chi connectivity index (χ4v) is 2.67. The lowest BCUT2D eigenvalue weighted by molar-refractivity contribution is 0.454. The Kier molecular flexibility index (Phi) is 2.76. The molecular weight excluding hydrogens is 246 g/mol. The molecule has 1 aromatic carbocycles. The summed E-state index contributed by atoms with van der Waals surface area (Å²) in [7, 11) is 0. The summed E-state index contributed by atoms with van der Waals surface area (Å²) in [5.74, 6) is 1.53. The van der Waals surface area contributed by atoms with Gasteiger partial charge in [-0.3, -0.25) is 0 Å². The van der Waals surface area contributed by atoms with E-state index in [2.05, 4.69) is 20.7 Å². The van der Waals surface area contributed by atoms with Gasteiger partial charge in [-0.2, -0.15) is 4.37 Å². The van der Waals surface area contributed by atoms with Crippen molar-refractivity contribution in [1.82, 2.24) is 9.36 Å². The number of hydrogen-bond donors (Lipinski definition) is 1. The number of rotatable bonds is 3. The van der Waals surface area contributed by atoms with E-state index < -0.39 is 0 Å². The van der Waals surface area contributed by atoms with Crippen LogP contribution < -0.4 is 5.32 Å². The Hall–Kier alpha value is -1.88. The first kappa shape index (κ1) is 11.2. The van der Waals surface area contributed by atoms with Crippen molar-refractivity contribution in [2.75, 3.05) is 5.32 Å². The van der Waals surface area contributed by atoms with Crippen LogP contribution in [-0.4, -0.2) is 9.36 Å². The van der Waals surface area contributed by atoms with Crippen molar-refractivity contribution in [3.05, 3.63) is 42.1 Å². The number of aryl methyl sites for hydroxylation is 1. The van der Waals surface area contributed by atoms with E-state index in [1.54, 1.807) is 6.20 Å². The Morgan fingerprint density at radius 1 is 1.33 bits per heavy atom. The molecule has 1 atom stereocenters. The van der Waals surface area contributed by atoms with Gasteiger partial charge in [-0.15, -0.1) is 0 Å². The Balaban J connectivity index is 1.88. The molecule has 3 rings (SSSR count). The van der Waals surface area contributed by atoms with Crippen LogP contribution in [0.1, 0.15) is 24.6 Å². The molecule has 18 heavy (non-hydrogen) atoms. The average Bonchev–Trinajstić information content (AvgIpc) is 2.97. The number of oxazole rings is 1. The highest BCUT2D eigenvalue weighted by Gasteiger charge is 2.14. The van der Waals surface area contributed by atoms with Crippen molar-refractivity contribution >= 4 is 27.4 Å². The van der Waals surface area contributed by atoms with Crippen LogP contribution in [0.25, 0.3) is 10.9 Å². The SMILES string of the molecule is Cc1cnc(C(C)Nc2snc3ccccc23)o1. The summed E-state index contributed by atoms with van der Waals surface area (Å²) < 4.78 is 9.92. The van der Waals surface area contributed by atoms with Gasteiger partial charge in [0.05, 0.1) is 11.7 Å². The van der Waals surface area contributed by atoms with E-state index >= 15 is 0 Å². The van der Waals surface area contributed by atoms with Crippen LogP contribution in [0.4, 0.5) is 5.00 Å². The van der Waals surface area contributed by atoms with Crippen LogP contribution in [-0.2, 0) is 0 Å². The van der Waals surface area contributed by atoms with Crippen LogP contribution in [0.15, 0.2) is 34.9 Å². The van der Waals surface area contributed by atoms with Crippen molar-refractivity contribution < 1.29 is 4.42 Å². The first-order chi connectivity index (χ1) is 8.74.